The summed E-state index contributed by atoms with van der Waals surface area (Å²) in [7, 11) is 3.59. The molecule has 0 saturated carbocycles. The third kappa shape index (κ3) is 4.61. The van der Waals surface area contributed by atoms with Crippen molar-refractivity contribution in [2.75, 3.05) is 20.6 Å². The van der Waals surface area contributed by atoms with Crippen LogP contribution in [0.1, 0.15) is 25.5 Å². The van der Waals surface area contributed by atoms with Crippen molar-refractivity contribution in [3.63, 3.8) is 0 Å². The van der Waals surface area contributed by atoms with Gasteiger partial charge in [0.2, 0.25) is 5.91 Å². The predicted molar refractivity (Wildman–Crippen MR) is 69.7 cm³/mol. The molecule has 0 aliphatic rings. The number of amides is 1. The Balaban J connectivity index is 2.42. The maximum atomic E-state index is 11.5. The van der Waals surface area contributed by atoms with E-state index in [9.17, 15) is 4.79 Å². The number of nitrogens with zero attached hydrogens (tertiary/aromatic N) is 2. The monoisotopic (exact) mass is 237 g/mol. The normalized spacial score (nSPS) is 10.5. The quantitative estimate of drug-likeness (QED) is 0.729. The minimum atomic E-state index is 0.172. The van der Waals surface area contributed by atoms with Crippen molar-refractivity contribution in [1.82, 2.24) is 14.8 Å². The number of nitrogens with one attached hydrogen (secondary N) is 1. The molecule has 1 amide bonds. The lowest BCUT2D eigenvalue weighted by atomic mass is 10.3. The van der Waals surface area contributed by atoms with Crippen LogP contribution in [0.2, 0.25) is 0 Å². The maximum absolute atomic E-state index is 11.5. The Morgan fingerprint density at radius 2 is 2.24 bits per heavy atom. The Labute approximate surface area is 104 Å². The molecule has 0 saturated heterocycles. The maximum Gasteiger partial charge on any atom is 0.223 e. The van der Waals surface area contributed by atoms with Crippen LogP contribution >= 0.6 is 0 Å². The van der Waals surface area contributed by atoms with Crippen LogP contribution in [0.3, 0.4) is 0 Å². The summed E-state index contributed by atoms with van der Waals surface area (Å²) in [6.45, 7) is 4.81. The fraction of sp³-hybridized carbons (Fsp3) is 0.615. The van der Waals surface area contributed by atoms with E-state index in [0.29, 0.717) is 6.42 Å². The molecule has 0 spiro atoms. The average molecular weight is 237 g/mol. The lowest BCUT2D eigenvalue weighted by Crippen LogP contribution is -2.23. The van der Waals surface area contributed by atoms with Gasteiger partial charge in [0, 0.05) is 45.5 Å². The molecule has 0 aliphatic carbocycles. The number of carbonyl (C=O) groups is 1. The minimum Gasteiger partial charge on any atom is -0.350 e. The average Bonchev–Trinajstić information content (AvgIpc) is 2.74. The van der Waals surface area contributed by atoms with Crippen molar-refractivity contribution in [2.24, 2.45) is 0 Å². The summed E-state index contributed by atoms with van der Waals surface area (Å²) in [4.78, 5) is 13.1. The Morgan fingerprint density at radius 3 is 2.88 bits per heavy atom. The van der Waals surface area contributed by atoms with Gasteiger partial charge in [0.25, 0.3) is 0 Å². The van der Waals surface area contributed by atoms with E-state index in [1.54, 1.807) is 19.0 Å². The second kappa shape index (κ2) is 7.12. The molecule has 0 fully saturated rings. The van der Waals surface area contributed by atoms with Crippen molar-refractivity contribution in [1.29, 1.82) is 0 Å². The zero-order valence-electron chi connectivity index (χ0n) is 11.1. The number of rotatable bonds is 7. The van der Waals surface area contributed by atoms with Crippen LogP contribution in [0.5, 0.6) is 0 Å². The topological polar surface area (TPSA) is 37.3 Å². The number of hydrogen-bond donors (Lipinski definition) is 1. The molecule has 0 radical (unpaired) electrons. The Morgan fingerprint density at radius 1 is 1.47 bits per heavy atom. The predicted octanol–water partition coefficient (Wildman–Crippen LogP) is 1.47. The summed E-state index contributed by atoms with van der Waals surface area (Å²) >= 11 is 0. The van der Waals surface area contributed by atoms with Crippen LogP contribution in [0.4, 0.5) is 0 Å². The summed E-state index contributed by atoms with van der Waals surface area (Å²) in [5.41, 5.74) is 1.24. The van der Waals surface area contributed by atoms with E-state index in [0.717, 1.165) is 26.1 Å². The summed E-state index contributed by atoms with van der Waals surface area (Å²) < 4.78 is 2.14. The van der Waals surface area contributed by atoms with Crippen LogP contribution in [-0.2, 0) is 17.9 Å². The first-order valence-electron chi connectivity index (χ1n) is 6.20. The first-order chi connectivity index (χ1) is 8.15. The van der Waals surface area contributed by atoms with Gasteiger partial charge < -0.3 is 14.8 Å². The molecule has 0 bridgehead atoms. The SMILES string of the molecule is CCCNCc1cccn1CCC(=O)N(C)C. The molecule has 1 aromatic rings. The van der Waals surface area contributed by atoms with Crippen LogP contribution < -0.4 is 5.32 Å². The second-order valence-corrected chi connectivity index (χ2v) is 4.41. The summed E-state index contributed by atoms with van der Waals surface area (Å²) in [6, 6.07) is 4.13. The summed E-state index contributed by atoms with van der Waals surface area (Å²) in [5.74, 6) is 0.172. The van der Waals surface area contributed by atoms with Crippen LogP contribution in [0, 0.1) is 0 Å². The van der Waals surface area contributed by atoms with Gasteiger partial charge in [-0.15, -0.1) is 0 Å². The van der Waals surface area contributed by atoms with E-state index in [-0.39, 0.29) is 5.91 Å². The van der Waals surface area contributed by atoms with E-state index in [4.69, 9.17) is 0 Å². The Bertz CT molecular complexity index is 344. The molecule has 0 aliphatic heterocycles. The molecule has 4 nitrogen and oxygen atoms in total. The largest absolute Gasteiger partial charge is 0.350 e. The second-order valence-electron chi connectivity index (χ2n) is 4.41. The van der Waals surface area contributed by atoms with Gasteiger partial charge in [-0.25, -0.2) is 0 Å². The van der Waals surface area contributed by atoms with Gasteiger partial charge in [-0.1, -0.05) is 6.92 Å². The van der Waals surface area contributed by atoms with Gasteiger partial charge in [0.05, 0.1) is 0 Å². The summed E-state index contributed by atoms with van der Waals surface area (Å²) in [6.07, 6.45) is 3.73. The first kappa shape index (κ1) is 13.8. The van der Waals surface area contributed by atoms with Gasteiger partial charge in [0.15, 0.2) is 0 Å². The highest BCUT2D eigenvalue weighted by atomic mass is 16.2. The molecule has 1 N–H and O–H groups in total. The van der Waals surface area contributed by atoms with E-state index in [1.165, 1.54) is 5.69 Å². The number of hydrogen-bond acceptors (Lipinski definition) is 2. The zero-order chi connectivity index (χ0) is 12.7. The lowest BCUT2D eigenvalue weighted by Gasteiger charge is -2.12. The van der Waals surface area contributed by atoms with Crippen LogP contribution in [-0.4, -0.2) is 36.0 Å². The van der Waals surface area contributed by atoms with Gasteiger partial charge >= 0.3 is 0 Å². The molecule has 0 unspecified atom stereocenters. The van der Waals surface area contributed by atoms with Crippen molar-refractivity contribution < 1.29 is 4.79 Å². The highest BCUT2D eigenvalue weighted by molar-refractivity contribution is 5.75. The van der Waals surface area contributed by atoms with Crippen molar-refractivity contribution in [3.8, 4) is 0 Å². The standard InChI is InChI=1S/C13H23N3O/c1-4-8-14-11-12-6-5-9-16(12)10-7-13(17)15(2)3/h5-6,9,14H,4,7-8,10-11H2,1-3H3. The third-order valence-electron chi connectivity index (χ3n) is 2.72. The van der Waals surface area contributed by atoms with Gasteiger partial charge in [-0.2, -0.15) is 0 Å². The first-order valence-corrected chi connectivity index (χ1v) is 6.20. The fourth-order valence-electron chi connectivity index (χ4n) is 1.66. The molecule has 17 heavy (non-hydrogen) atoms. The van der Waals surface area contributed by atoms with E-state index >= 15 is 0 Å². The van der Waals surface area contributed by atoms with Crippen molar-refractivity contribution in [2.45, 2.75) is 32.9 Å². The highest BCUT2D eigenvalue weighted by Gasteiger charge is 2.06. The molecular weight excluding hydrogens is 214 g/mol. The smallest absolute Gasteiger partial charge is 0.223 e. The number of aryl methyl sites for hydroxylation is 1. The van der Waals surface area contributed by atoms with Crippen LogP contribution in [0.15, 0.2) is 18.3 Å². The van der Waals surface area contributed by atoms with E-state index < -0.39 is 0 Å². The Hall–Kier alpha value is -1.29. The van der Waals surface area contributed by atoms with Crippen molar-refractivity contribution >= 4 is 5.91 Å². The van der Waals surface area contributed by atoms with Gasteiger partial charge in [-0.05, 0) is 25.1 Å². The fourth-order valence-corrected chi connectivity index (χ4v) is 1.66. The van der Waals surface area contributed by atoms with E-state index in [1.807, 2.05) is 12.3 Å². The molecule has 1 aromatic heterocycles. The minimum absolute atomic E-state index is 0.172. The Kier molecular flexibility index (Phi) is 5.77. The third-order valence-corrected chi connectivity index (χ3v) is 2.72. The molecular formula is C13H23N3O. The summed E-state index contributed by atoms with van der Waals surface area (Å²) in [5, 5.41) is 3.37. The molecule has 1 heterocycles. The molecule has 0 atom stereocenters. The van der Waals surface area contributed by atoms with Crippen molar-refractivity contribution in [3.05, 3.63) is 24.0 Å². The molecule has 1 rings (SSSR count). The van der Waals surface area contributed by atoms with E-state index in [2.05, 4.69) is 22.9 Å². The lowest BCUT2D eigenvalue weighted by molar-refractivity contribution is -0.128. The highest BCUT2D eigenvalue weighted by Crippen LogP contribution is 2.04. The molecule has 0 aromatic carbocycles. The molecule has 96 valence electrons. The zero-order valence-corrected chi connectivity index (χ0v) is 11.1. The van der Waals surface area contributed by atoms with Crippen LogP contribution in [0.25, 0.3) is 0 Å². The van der Waals surface area contributed by atoms with Gasteiger partial charge in [-0.3, -0.25) is 4.79 Å². The number of aromatic nitrogens is 1. The van der Waals surface area contributed by atoms with Gasteiger partial charge in [0.1, 0.15) is 0 Å². The number of carbonyl (C=O) groups excluding carboxylic acids is 1. The molecule has 4 heteroatoms.